The van der Waals surface area contributed by atoms with Crippen LogP contribution in [0.3, 0.4) is 0 Å². The third kappa shape index (κ3) is 2.63. The molecule has 0 radical (unpaired) electrons. The van der Waals surface area contributed by atoms with Crippen molar-refractivity contribution in [1.82, 2.24) is 9.88 Å². The van der Waals surface area contributed by atoms with Gasteiger partial charge in [0.25, 0.3) is 0 Å². The van der Waals surface area contributed by atoms with Crippen LogP contribution < -0.4 is 0 Å². The molecule has 0 saturated carbocycles. The first-order valence-corrected chi connectivity index (χ1v) is 9.32. The van der Waals surface area contributed by atoms with E-state index in [0.29, 0.717) is 0 Å². The lowest BCUT2D eigenvalue weighted by molar-refractivity contribution is 0.202. The largest absolute Gasteiger partial charge is 0.357 e. The molecule has 0 fully saturated rings. The summed E-state index contributed by atoms with van der Waals surface area (Å²) in [6.45, 7) is 2.04. The Hall–Kier alpha value is -2.84. The van der Waals surface area contributed by atoms with Crippen molar-refractivity contribution in [2.75, 3.05) is 6.54 Å². The van der Waals surface area contributed by atoms with Crippen LogP contribution in [0.25, 0.3) is 10.9 Å². The van der Waals surface area contributed by atoms with E-state index in [-0.39, 0.29) is 6.04 Å². The number of rotatable bonds is 3. The molecule has 0 aliphatic carbocycles. The van der Waals surface area contributed by atoms with E-state index in [2.05, 4.69) is 94.8 Å². The van der Waals surface area contributed by atoms with Gasteiger partial charge in [-0.05, 0) is 29.2 Å². The molecule has 1 aliphatic heterocycles. The number of fused-ring (bicyclic) bond motifs is 3. The van der Waals surface area contributed by atoms with Crippen molar-refractivity contribution >= 4 is 10.9 Å². The molecule has 1 atom stereocenters. The second-order valence-electron chi connectivity index (χ2n) is 7.08. The fourth-order valence-corrected chi connectivity index (χ4v) is 4.29. The minimum atomic E-state index is 0.271. The molecule has 1 N–H and O–H groups in total. The molecule has 0 unspecified atom stereocenters. The van der Waals surface area contributed by atoms with Crippen molar-refractivity contribution in [2.45, 2.75) is 19.0 Å². The van der Waals surface area contributed by atoms with Gasteiger partial charge in [0.15, 0.2) is 0 Å². The predicted molar refractivity (Wildman–Crippen MR) is 107 cm³/mol. The molecule has 4 aromatic rings. The first-order chi connectivity index (χ1) is 12.9. The highest BCUT2D eigenvalue weighted by Crippen LogP contribution is 2.38. The molecular weight excluding hydrogens is 316 g/mol. The topological polar surface area (TPSA) is 19.0 Å². The third-order valence-electron chi connectivity index (χ3n) is 5.48. The van der Waals surface area contributed by atoms with Gasteiger partial charge in [-0.3, -0.25) is 4.90 Å². The Balaban J connectivity index is 1.62. The molecule has 2 heteroatoms. The van der Waals surface area contributed by atoms with E-state index >= 15 is 0 Å². The fraction of sp³-hybridized carbons (Fsp3) is 0.167. The molecule has 1 aliphatic rings. The number of aromatic nitrogens is 1. The highest BCUT2D eigenvalue weighted by Gasteiger charge is 2.31. The molecule has 0 saturated heterocycles. The average molecular weight is 338 g/mol. The number of benzene rings is 3. The van der Waals surface area contributed by atoms with Gasteiger partial charge in [-0.1, -0.05) is 78.9 Å². The van der Waals surface area contributed by atoms with E-state index in [4.69, 9.17) is 0 Å². The van der Waals surface area contributed by atoms with Gasteiger partial charge in [-0.15, -0.1) is 0 Å². The number of H-pyrrole nitrogens is 1. The summed E-state index contributed by atoms with van der Waals surface area (Å²) in [4.78, 5) is 6.34. The summed E-state index contributed by atoms with van der Waals surface area (Å²) in [5.74, 6) is 0. The van der Waals surface area contributed by atoms with E-state index in [1.54, 1.807) is 0 Å². The lowest BCUT2D eigenvalue weighted by Crippen LogP contribution is -2.35. The van der Waals surface area contributed by atoms with Gasteiger partial charge in [0.2, 0.25) is 0 Å². The van der Waals surface area contributed by atoms with Crippen LogP contribution in [0.2, 0.25) is 0 Å². The first kappa shape index (κ1) is 15.4. The van der Waals surface area contributed by atoms with Gasteiger partial charge >= 0.3 is 0 Å². The molecular formula is C24H22N2. The Morgan fingerprint density at radius 1 is 0.808 bits per heavy atom. The smallest absolute Gasteiger partial charge is 0.0760 e. The fourth-order valence-electron chi connectivity index (χ4n) is 4.29. The highest BCUT2D eigenvalue weighted by molar-refractivity contribution is 5.85. The number of hydrogen-bond acceptors (Lipinski definition) is 1. The van der Waals surface area contributed by atoms with Gasteiger partial charge in [0.1, 0.15) is 0 Å². The van der Waals surface area contributed by atoms with Gasteiger partial charge in [0, 0.05) is 29.7 Å². The van der Waals surface area contributed by atoms with Crippen LogP contribution in [-0.4, -0.2) is 16.4 Å². The summed E-state index contributed by atoms with van der Waals surface area (Å²) in [7, 11) is 0. The minimum absolute atomic E-state index is 0.271. The first-order valence-electron chi connectivity index (χ1n) is 9.32. The van der Waals surface area contributed by atoms with Gasteiger partial charge in [-0.25, -0.2) is 0 Å². The summed E-state index contributed by atoms with van der Waals surface area (Å²) < 4.78 is 0. The Labute approximate surface area is 154 Å². The van der Waals surface area contributed by atoms with Crippen molar-refractivity contribution in [3.63, 3.8) is 0 Å². The van der Waals surface area contributed by atoms with Crippen LogP contribution in [0.1, 0.15) is 28.4 Å². The van der Waals surface area contributed by atoms with Gasteiger partial charge in [-0.2, -0.15) is 0 Å². The van der Waals surface area contributed by atoms with E-state index < -0.39 is 0 Å². The molecule has 3 aromatic carbocycles. The quantitative estimate of drug-likeness (QED) is 0.536. The molecule has 0 bridgehead atoms. The molecule has 26 heavy (non-hydrogen) atoms. The van der Waals surface area contributed by atoms with Crippen LogP contribution >= 0.6 is 0 Å². The summed E-state index contributed by atoms with van der Waals surface area (Å²) in [6, 6.07) is 30.7. The van der Waals surface area contributed by atoms with Gasteiger partial charge in [0.05, 0.1) is 6.04 Å². The SMILES string of the molecule is c1ccc(CN2CCc3c([nH]c4ccccc34)[C@@H]2c2ccccc2)cc1. The maximum absolute atomic E-state index is 3.74. The third-order valence-corrected chi connectivity index (χ3v) is 5.48. The molecule has 2 nitrogen and oxygen atoms in total. The molecule has 0 spiro atoms. The van der Waals surface area contributed by atoms with Crippen molar-refractivity contribution in [3.05, 3.63) is 107 Å². The lowest BCUT2D eigenvalue weighted by atomic mass is 9.92. The van der Waals surface area contributed by atoms with E-state index in [0.717, 1.165) is 19.5 Å². The maximum Gasteiger partial charge on any atom is 0.0760 e. The Morgan fingerprint density at radius 3 is 2.31 bits per heavy atom. The Morgan fingerprint density at radius 2 is 1.50 bits per heavy atom. The Bertz CT molecular complexity index is 1020. The van der Waals surface area contributed by atoms with Crippen LogP contribution in [0, 0.1) is 0 Å². The number of aromatic amines is 1. The van der Waals surface area contributed by atoms with Crippen LogP contribution in [-0.2, 0) is 13.0 Å². The second kappa shape index (κ2) is 6.47. The lowest BCUT2D eigenvalue weighted by Gasteiger charge is -2.36. The highest BCUT2D eigenvalue weighted by atomic mass is 15.2. The normalized spacial score (nSPS) is 17.3. The average Bonchev–Trinajstić information content (AvgIpc) is 3.08. The molecule has 128 valence electrons. The molecule has 0 amide bonds. The van der Waals surface area contributed by atoms with Crippen molar-refractivity contribution in [2.24, 2.45) is 0 Å². The number of nitrogens with zero attached hydrogens (tertiary/aromatic N) is 1. The summed E-state index contributed by atoms with van der Waals surface area (Å²) >= 11 is 0. The van der Waals surface area contributed by atoms with Crippen molar-refractivity contribution in [3.8, 4) is 0 Å². The van der Waals surface area contributed by atoms with Gasteiger partial charge < -0.3 is 4.98 Å². The maximum atomic E-state index is 3.74. The molecule has 1 aromatic heterocycles. The van der Waals surface area contributed by atoms with E-state index in [1.807, 2.05) is 0 Å². The van der Waals surface area contributed by atoms with E-state index in [1.165, 1.54) is 33.3 Å². The zero-order chi connectivity index (χ0) is 17.3. The minimum Gasteiger partial charge on any atom is -0.357 e. The Kier molecular flexibility index (Phi) is 3.84. The number of hydrogen-bond donors (Lipinski definition) is 1. The van der Waals surface area contributed by atoms with Crippen LogP contribution in [0.4, 0.5) is 0 Å². The standard InChI is InChI=1S/C24H22N2/c1-3-9-18(10-4-1)17-26-16-15-21-20-13-7-8-14-22(20)25-23(21)24(26)19-11-5-2-6-12-19/h1-14,24-25H,15-17H2/t24-/m0/s1. The summed E-state index contributed by atoms with van der Waals surface area (Å²) in [5, 5.41) is 1.38. The number of nitrogens with one attached hydrogen (secondary N) is 1. The zero-order valence-corrected chi connectivity index (χ0v) is 14.7. The second-order valence-corrected chi connectivity index (χ2v) is 7.08. The van der Waals surface area contributed by atoms with Crippen molar-refractivity contribution in [1.29, 1.82) is 0 Å². The predicted octanol–water partition coefficient (Wildman–Crippen LogP) is 5.32. The van der Waals surface area contributed by atoms with E-state index in [9.17, 15) is 0 Å². The number of para-hydroxylation sites is 1. The monoisotopic (exact) mass is 338 g/mol. The zero-order valence-electron chi connectivity index (χ0n) is 14.7. The summed E-state index contributed by atoms with van der Waals surface area (Å²) in [6.07, 6.45) is 1.09. The molecule has 2 heterocycles. The van der Waals surface area contributed by atoms with Crippen LogP contribution in [0.15, 0.2) is 84.9 Å². The molecule has 5 rings (SSSR count). The summed E-state index contributed by atoms with van der Waals surface area (Å²) in [5.41, 5.74) is 6.82. The van der Waals surface area contributed by atoms with Crippen molar-refractivity contribution < 1.29 is 0 Å². The van der Waals surface area contributed by atoms with Crippen LogP contribution in [0.5, 0.6) is 0 Å².